The molecule has 0 amide bonds. The molecule has 2 aromatic carbocycles. The van der Waals surface area contributed by atoms with Crippen LogP contribution in [0.5, 0.6) is 0 Å². The molecule has 0 aliphatic carbocycles. The van der Waals surface area contributed by atoms with Crippen molar-refractivity contribution in [3.05, 3.63) is 63.1 Å². The van der Waals surface area contributed by atoms with E-state index in [0.717, 1.165) is 10.0 Å². The summed E-state index contributed by atoms with van der Waals surface area (Å²) >= 11 is 9.22. The van der Waals surface area contributed by atoms with E-state index < -0.39 is 10.0 Å². The maximum atomic E-state index is 12.0. The molecule has 0 bridgehead atoms. The summed E-state index contributed by atoms with van der Waals surface area (Å²) in [5, 5.41) is 4.27. The molecule has 0 atom stereocenters. The average Bonchev–Trinajstić information content (AvgIpc) is 2.43. The maximum Gasteiger partial charge on any atom is 0.276 e. The van der Waals surface area contributed by atoms with Crippen molar-refractivity contribution in [1.82, 2.24) is 4.83 Å². The molecular weight excluding hydrogens is 376 g/mol. The zero-order valence-corrected chi connectivity index (χ0v) is 14.2. The molecule has 0 fully saturated rings. The Hall–Kier alpha value is -1.37. The van der Waals surface area contributed by atoms with Crippen LogP contribution in [0.15, 0.2) is 56.9 Å². The molecule has 0 aliphatic heterocycles. The van der Waals surface area contributed by atoms with Crippen LogP contribution in [-0.2, 0) is 10.0 Å². The number of aryl methyl sites for hydroxylation is 1. The van der Waals surface area contributed by atoms with Crippen LogP contribution in [0.25, 0.3) is 0 Å². The summed E-state index contributed by atoms with van der Waals surface area (Å²) in [6, 6.07) is 11.7. The molecule has 0 radical (unpaired) electrons. The van der Waals surface area contributed by atoms with Crippen LogP contribution in [-0.4, -0.2) is 14.6 Å². The Balaban J connectivity index is 2.12. The molecule has 7 heteroatoms. The van der Waals surface area contributed by atoms with Gasteiger partial charge in [-0.05, 0) is 52.7 Å². The zero-order chi connectivity index (χ0) is 15.5. The van der Waals surface area contributed by atoms with E-state index in [1.54, 1.807) is 30.3 Å². The first kappa shape index (κ1) is 16.0. The lowest BCUT2D eigenvalue weighted by Gasteiger charge is -2.03. The highest BCUT2D eigenvalue weighted by molar-refractivity contribution is 9.10. The molecule has 1 N–H and O–H groups in total. The molecular formula is C14H12BrClN2O2S. The van der Waals surface area contributed by atoms with Gasteiger partial charge in [0.2, 0.25) is 0 Å². The van der Waals surface area contributed by atoms with Gasteiger partial charge >= 0.3 is 0 Å². The number of benzene rings is 2. The normalized spacial score (nSPS) is 11.8. The molecule has 0 saturated carbocycles. The van der Waals surface area contributed by atoms with Gasteiger partial charge in [-0.1, -0.05) is 35.4 Å². The fraction of sp³-hybridized carbons (Fsp3) is 0.0714. The van der Waals surface area contributed by atoms with Gasteiger partial charge in [-0.15, -0.1) is 0 Å². The van der Waals surface area contributed by atoms with Gasteiger partial charge < -0.3 is 0 Å². The lowest BCUT2D eigenvalue weighted by Crippen LogP contribution is -2.18. The van der Waals surface area contributed by atoms with Crippen LogP contribution in [0.1, 0.15) is 11.1 Å². The fourth-order valence-electron chi connectivity index (χ4n) is 1.53. The van der Waals surface area contributed by atoms with Crippen molar-refractivity contribution in [1.29, 1.82) is 0 Å². The first-order chi connectivity index (χ1) is 9.88. The number of rotatable bonds is 4. The predicted molar refractivity (Wildman–Crippen MR) is 88.2 cm³/mol. The Bertz CT molecular complexity index is 774. The van der Waals surface area contributed by atoms with Gasteiger partial charge in [0.05, 0.1) is 16.1 Å². The molecule has 0 spiro atoms. The number of halogens is 2. The van der Waals surface area contributed by atoms with Crippen molar-refractivity contribution in [2.24, 2.45) is 5.10 Å². The Morgan fingerprint density at radius 1 is 1.19 bits per heavy atom. The number of hydrazone groups is 1. The number of sulfonamides is 1. The van der Waals surface area contributed by atoms with Gasteiger partial charge in [0.15, 0.2) is 0 Å². The maximum absolute atomic E-state index is 12.0. The average molecular weight is 388 g/mol. The minimum Gasteiger partial charge on any atom is -0.200 e. The van der Waals surface area contributed by atoms with Crippen LogP contribution in [0, 0.1) is 6.92 Å². The smallest absolute Gasteiger partial charge is 0.200 e. The number of nitrogens with zero attached hydrogens (tertiary/aromatic N) is 1. The minimum absolute atomic E-state index is 0.166. The Kier molecular flexibility index (Phi) is 5.03. The van der Waals surface area contributed by atoms with E-state index in [2.05, 4.69) is 25.9 Å². The van der Waals surface area contributed by atoms with E-state index in [1.807, 2.05) is 6.92 Å². The summed E-state index contributed by atoms with van der Waals surface area (Å²) in [6.45, 7) is 1.89. The van der Waals surface area contributed by atoms with Crippen LogP contribution < -0.4 is 4.83 Å². The van der Waals surface area contributed by atoms with Gasteiger partial charge in [-0.25, -0.2) is 4.83 Å². The molecule has 4 nitrogen and oxygen atoms in total. The largest absolute Gasteiger partial charge is 0.276 e. The molecule has 0 aliphatic rings. The summed E-state index contributed by atoms with van der Waals surface area (Å²) < 4.78 is 24.8. The number of hydrogen-bond acceptors (Lipinski definition) is 3. The molecule has 0 aromatic heterocycles. The summed E-state index contributed by atoms with van der Waals surface area (Å²) in [5.74, 6) is 0. The quantitative estimate of drug-likeness (QED) is 0.642. The monoisotopic (exact) mass is 386 g/mol. The minimum atomic E-state index is -3.66. The second kappa shape index (κ2) is 6.60. The van der Waals surface area contributed by atoms with Gasteiger partial charge in [0.25, 0.3) is 10.0 Å². The van der Waals surface area contributed by atoms with E-state index in [4.69, 9.17) is 11.6 Å². The van der Waals surface area contributed by atoms with Crippen LogP contribution in [0.2, 0.25) is 5.02 Å². The van der Waals surface area contributed by atoms with Gasteiger partial charge in [0, 0.05) is 4.47 Å². The zero-order valence-electron chi connectivity index (χ0n) is 11.0. The SMILES string of the molecule is Cc1ccc(S(=O)(=O)NN=Cc2ccc(Br)c(Cl)c2)cc1. The third-order valence-electron chi connectivity index (χ3n) is 2.66. The standard InChI is InChI=1S/C14H12BrClN2O2S/c1-10-2-5-12(6-3-10)21(19,20)18-17-9-11-4-7-13(15)14(16)8-11/h2-9,18H,1H3. The molecule has 110 valence electrons. The first-order valence-corrected chi connectivity index (χ1v) is 8.60. The van der Waals surface area contributed by atoms with Gasteiger partial charge in [-0.2, -0.15) is 13.5 Å². The molecule has 21 heavy (non-hydrogen) atoms. The van der Waals surface area contributed by atoms with E-state index in [1.165, 1.54) is 18.3 Å². The predicted octanol–water partition coefficient (Wildman–Crippen LogP) is 3.72. The second-order valence-corrected chi connectivity index (χ2v) is 7.26. The van der Waals surface area contributed by atoms with Crippen molar-refractivity contribution in [2.45, 2.75) is 11.8 Å². The van der Waals surface area contributed by atoms with Crippen LogP contribution in [0.4, 0.5) is 0 Å². The van der Waals surface area contributed by atoms with E-state index in [-0.39, 0.29) is 4.90 Å². The third-order valence-corrected chi connectivity index (χ3v) is 5.13. The molecule has 0 saturated heterocycles. The second-order valence-electron chi connectivity index (χ2n) is 4.34. The van der Waals surface area contributed by atoms with Crippen molar-refractivity contribution >= 4 is 43.8 Å². The third kappa shape index (κ3) is 4.30. The summed E-state index contributed by atoms with van der Waals surface area (Å²) in [4.78, 5) is 2.33. The van der Waals surface area contributed by atoms with Gasteiger partial charge in [-0.3, -0.25) is 0 Å². The van der Waals surface area contributed by atoms with Crippen molar-refractivity contribution in [3.8, 4) is 0 Å². The number of nitrogens with one attached hydrogen (secondary N) is 1. The Morgan fingerprint density at radius 3 is 2.48 bits per heavy atom. The topological polar surface area (TPSA) is 58.5 Å². The van der Waals surface area contributed by atoms with Crippen LogP contribution in [0.3, 0.4) is 0 Å². The van der Waals surface area contributed by atoms with Gasteiger partial charge in [0.1, 0.15) is 0 Å². The highest BCUT2D eigenvalue weighted by Crippen LogP contribution is 2.22. The Labute approximate surface area is 137 Å². The fourth-order valence-corrected chi connectivity index (χ4v) is 2.76. The lowest BCUT2D eigenvalue weighted by molar-refractivity contribution is 0.584. The van der Waals surface area contributed by atoms with Crippen LogP contribution >= 0.6 is 27.5 Å². The summed E-state index contributed by atoms with van der Waals surface area (Å²) in [7, 11) is -3.66. The molecule has 0 unspecified atom stereocenters. The number of hydrogen-bond donors (Lipinski definition) is 1. The molecule has 0 heterocycles. The van der Waals surface area contributed by atoms with Crippen molar-refractivity contribution in [2.75, 3.05) is 0 Å². The molecule has 2 rings (SSSR count). The Morgan fingerprint density at radius 2 is 1.86 bits per heavy atom. The molecule has 2 aromatic rings. The highest BCUT2D eigenvalue weighted by Gasteiger charge is 2.11. The van der Waals surface area contributed by atoms with E-state index >= 15 is 0 Å². The lowest BCUT2D eigenvalue weighted by atomic mass is 10.2. The van der Waals surface area contributed by atoms with Crippen molar-refractivity contribution < 1.29 is 8.42 Å². The summed E-state index contributed by atoms with van der Waals surface area (Å²) in [6.07, 6.45) is 1.39. The summed E-state index contributed by atoms with van der Waals surface area (Å²) in [5.41, 5.74) is 1.68. The van der Waals surface area contributed by atoms with E-state index in [9.17, 15) is 8.42 Å². The van der Waals surface area contributed by atoms with E-state index in [0.29, 0.717) is 10.6 Å². The highest BCUT2D eigenvalue weighted by atomic mass is 79.9. The first-order valence-electron chi connectivity index (χ1n) is 5.95. The van der Waals surface area contributed by atoms with Crippen molar-refractivity contribution in [3.63, 3.8) is 0 Å².